The van der Waals surface area contributed by atoms with Gasteiger partial charge in [-0.25, -0.2) is 4.98 Å². The summed E-state index contributed by atoms with van der Waals surface area (Å²) < 4.78 is 6.32. The van der Waals surface area contributed by atoms with Gasteiger partial charge in [-0.3, -0.25) is 0 Å². The van der Waals surface area contributed by atoms with E-state index in [4.69, 9.17) is 16.3 Å². The molecular weight excluding hydrogens is 293 g/mol. The molecule has 0 spiro atoms. The molecule has 0 amide bonds. The summed E-state index contributed by atoms with van der Waals surface area (Å²) in [5.74, 6) is 0.468. The molecule has 1 aromatic rings. The van der Waals surface area contributed by atoms with Crippen LogP contribution in [0.3, 0.4) is 0 Å². The maximum Gasteiger partial charge on any atom is 0.232 e. The molecule has 1 heterocycles. The molecule has 0 bridgehead atoms. The zero-order valence-corrected chi connectivity index (χ0v) is 12.1. The molecule has 0 aromatic carbocycles. The van der Waals surface area contributed by atoms with E-state index in [0.717, 1.165) is 0 Å². The highest BCUT2D eigenvalue weighted by molar-refractivity contribution is 9.10. The number of halogens is 2. The number of nitrogens with zero attached hydrogens (tertiary/aromatic N) is 3. The van der Waals surface area contributed by atoms with Crippen molar-refractivity contribution in [2.75, 3.05) is 20.7 Å². The van der Waals surface area contributed by atoms with E-state index >= 15 is 0 Å². The average Bonchev–Trinajstić information content (AvgIpc) is 2.19. The molecule has 0 aliphatic carbocycles. The van der Waals surface area contributed by atoms with Gasteiger partial charge in [-0.2, -0.15) is 4.98 Å². The minimum Gasteiger partial charge on any atom is -0.475 e. The fraction of sp³-hybridized carbons (Fsp3) is 0.600. The molecule has 0 radical (unpaired) electrons. The van der Waals surface area contributed by atoms with Crippen LogP contribution in [0.15, 0.2) is 10.7 Å². The van der Waals surface area contributed by atoms with Crippen molar-refractivity contribution in [3.05, 3.63) is 16.0 Å². The van der Waals surface area contributed by atoms with Crippen LogP contribution in [-0.4, -0.2) is 41.1 Å². The molecule has 16 heavy (non-hydrogen) atoms. The van der Waals surface area contributed by atoms with Crippen molar-refractivity contribution < 1.29 is 4.74 Å². The third-order valence-corrected chi connectivity index (χ3v) is 3.18. The third-order valence-electron chi connectivity index (χ3n) is 2.46. The Morgan fingerprint density at radius 1 is 1.50 bits per heavy atom. The Morgan fingerprint density at radius 2 is 2.12 bits per heavy atom. The summed E-state index contributed by atoms with van der Waals surface area (Å²) in [6.45, 7) is 4.69. The van der Waals surface area contributed by atoms with Crippen LogP contribution in [0.2, 0.25) is 5.28 Å². The van der Waals surface area contributed by atoms with Crippen molar-refractivity contribution in [1.82, 2.24) is 14.9 Å². The summed E-state index contributed by atoms with van der Waals surface area (Å²) in [5, 5.41) is 0.181. The van der Waals surface area contributed by atoms with Gasteiger partial charge in [0.05, 0.1) is 4.47 Å². The van der Waals surface area contributed by atoms with Crippen LogP contribution >= 0.6 is 27.5 Å². The summed E-state index contributed by atoms with van der Waals surface area (Å²) in [5.41, 5.74) is -0.0726. The molecule has 0 saturated heterocycles. The van der Waals surface area contributed by atoms with Gasteiger partial charge in [0.1, 0.15) is 6.61 Å². The number of likely N-dealkylation sites (N-methyl/N-ethyl adjacent to an activating group) is 1. The summed E-state index contributed by atoms with van der Waals surface area (Å²) in [6.07, 6.45) is 1.58. The highest BCUT2D eigenvalue weighted by atomic mass is 79.9. The van der Waals surface area contributed by atoms with Crippen molar-refractivity contribution in [3.8, 4) is 5.88 Å². The predicted octanol–water partition coefficient (Wildman–Crippen LogP) is 2.61. The van der Waals surface area contributed by atoms with Gasteiger partial charge in [0.25, 0.3) is 0 Å². The Bertz CT molecular complexity index is 371. The second-order valence-electron chi connectivity index (χ2n) is 4.29. The zero-order chi connectivity index (χ0) is 12.3. The predicted molar refractivity (Wildman–Crippen MR) is 68.0 cm³/mol. The molecule has 1 rings (SSSR count). The first-order chi connectivity index (χ1) is 7.33. The molecule has 0 aliphatic rings. The number of rotatable bonds is 4. The highest BCUT2D eigenvalue weighted by Gasteiger charge is 2.22. The second kappa shape index (κ2) is 5.29. The van der Waals surface area contributed by atoms with E-state index in [2.05, 4.69) is 44.6 Å². The largest absolute Gasteiger partial charge is 0.475 e. The van der Waals surface area contributed by atoms with E-state index in [9.17, 15) is 0 Å². The molecule has 90 valence electrons. The van der Waals surface area contributed by atoms with Crippen LogP contribution in [-0.2, 0) is 0 Å². The van der Waals surface area contributed by atoms with Crippen molar-refractivity contribution >= 4 is 27.5 Å². The molecule has 0 fully saturated rings. The smallest absolute Gasteiger partial charge is 0.232 e. The van der Waals surface area contributed by atoms with Gasteiger partial charge in [-0.15, -0.1) is 0 Å². The quantitative estimate of drug-likeness (QED) is 0.802. The van der Waals surface area contributed by atoms with Gasteiger partial charge in [-0.05, 0) is 55.5 Å². The normalized spacial score (nSPS) is 11.9. The van der Waals surface area contributed by atoms with Crippen molar-refractivity contribution in [2.45, 2.75) is 19.4 Å². The Morgan fingerprint density at radius 3 is 2.69 bits per heavy atom. The standard InChI is InChI=1S/C10H15BrClN3O/c1-10(2,15(3)4)6-16-8-7(11)5-13-9(12)14-8/h5H,6H2,1-4H3. The molecule has 1 aromatic heterocycles. The van der Waals surface area contributed by atoms with E-state index in [1.54, 1.807) is 6.20 Å². The highest BCUT2D eigenvalue weighted by Crippen LogP contribution is 2.24. The van der Waals surface area contributed by atoms with Gasteiger partial charge in [0, 0.05) is 11.7 Å². The van der Waals surface area contributed by atoms with Gasteiger partial charge in [0.2, 0.25) is 11.2 Å². The monoisotopic (exact) mass is 307 g/mol. The van der Waals surface area contributed by atoms with E-state index in [1.165, 1.54) is 0 Å². The number of hydrogen-bond donors (Lipinski definition) is 0. The molecule has 0 aliphatic heterocycles. The lowest BCUT2D eigenvalue weighted by atomic mass is 10.1. The van der Waals surface area contributed by atoms with Crippen molar-refractivity contribution in [1.29, 1.82) is 0 Å². The summed E-state index contributed by atoms with van der Waals surface area (Å²) in [6, 6.07) is 0. The SMILES string of the molecule is CN(C)C(C)(C)COc1nc(Cl)ncc1Br. The zero-order valence-electron chi connectivity index (χ0n) is 9.79. The van der Waals surface area contributed by atoms with Crippen LogP contribution in [0.25, 0.3) is 0 Å². The summed E-state index contributed by atoms with van der Waals surface area (Å²) in [7, 11) is 4.01. The van der Waals surface area contributed by atoms with E-state index < -0.39 is 0 Å². The van der Waals surface area contributed by atoms with E-state index in [-0.39, 0.29) is 10.8 Å². The Balaban J connectivity index is 2.71. The fourth-order valence-electron chi connectivity index (χ4n) is 0.807. The molecule has 0 saturated carbocycles. The lowest BCUT2D eigenvalue weighted by molar-refractivity contribution is 0.110. The second-order valence-corrected chi connectivity index (χ2v) is 5.48. The van der Waals surface area contributed by atoms with Gasteiger partial charge in [0.15, 0.2) is 0 Å². The minimum atomic E-state index is -0.0726. The first-order valence-corrected chi connectivity index (χ1v) is 5.98. The maximum atomic E-state index is 5.70. The molecular formula is C10H15BrClN3O. The maximum absolute atomic E-state index is 5.70. The fourth-order valence-corrected chi connectivity index (χ4v) is 1.24. The van der Waals surface area contributed by atoms with Crippen LogP contribution in [0.1, 0.15) is 13.8 Å². The topological polar surface area (TPSA) is 38.2 Å². The van der Waals surface area contributed by atoms with Crippen LogP contribution in [0.4, 0.5) is 0 Å². The lowest BCUT2D eigenvalue weighted by Gasteiger charge is -2.31. The molecule has 4 nitrogen and oxygen atoms in total. The van der Waals surface area contributed by atoms with E-state index in [0.29, 0.717) is 17.0 Å². The first-order valence-electron chi connectivity index (χ1n) is 4.81. The Labute approximate surface area is 109 Å². The average molecular weight is 309 g/mol. The van der Waals surface area contributed by atoms with Crippen molar-refractivity contribution in [3.63, 3.8) is 0 Å². The van der Waals surface area contributed by atoms with Gasteiger partial charge >= 0.3 is 0 Å². The molecule has 6 heteroatoms. The minimum absolute atomic E-state index is 0.0726. The van der Waals surface area contributed by atoms with Crippen LogP contribution < -0.4 is 4.74 Å². The Kier molecular flexibility index (Phi) is 4.52. The number of aromatic nitrogens is 2. The van der Waals surface area contributed by atoms with E-state index in [1.807, 2.05) is 14.1 Å². The third kappa shape index (κ3) is 3.57. The van der Waals surface area contributed by atoms with Crippen LogP contribution in [0.5, 0.6) is 5.88 Å². The summed E-state index contributed by atoms with van der Waals surface area (Å²) >= 11 is 9.01. The summed E-state index contributed by atoms with van der Waals surface area (Å²) in [4.78, 5) is 9.92. The lowest BCUT2D eigenvalue weighted by Crippen LogP contribution is -2.43. The molecule has 0 N–H and O–H groups in total. The molecule has 0 atom stereocenters. The Hall–Kier alpha value is -0.390. The van der Waals surface area contributed by atoms with Crippen LogP contribution in [0, 0.1) is 0 Å². The number of hydrogen-bond acceptors (Lipinski definition) is 4. The van der Waals surface area contributed by atoms with Crippen molar-refractivity contribution in [2.24, 2.45) is 0 Å². The number of ether oxygens (including phenoxy) is 1. The van der Waals surface area contributed by atoms with Gasteiger partial charge < -0.3 is 9.64 Å². The first kappa shape index (κ1) is 13.7. The molecule has 0 unspecified atom stereocenters. The van der Waals surface area contributed by atoms with Gasteiger partial charge in [-0.1, -0.05) is 0 Å².